The van der Waals surface area contributed by atoms with Crippen LogP contribution in [0.3, 0.4) is 0 Å². The minimum absolute atomic E-state index is 0.148. The Balaban J connectivity index is 2.70. The molecular weight excluding hydrogens is 275 g/mol. The van der Waals surface area contributed by atoms with E-state index in [4.69, 9.17) is 0 Å². The Kier molecular flexibility index (Phi) is 6.84. The molecule has 22 heavy (non-hydrogen) atoms. The smallest absolute Gasteiger partial charge is 0.130 e. The van der Waals surface area contributed by atoms with E-state index in [0.29, 0.717) is 17.1 Å². The quantitative estimate of drug-likeness (QED) is 0.457. The van der Waals surface area contributed by atoms with Gasteiger partial charge in [-0.15, -0.1) is 6.58 Å². The zero-order chi connectivity index (χ0) is 16.7. The fourth-order valence-electron chi connectivity index (χ4n) is 2.01. The number of phenolic OH excluding ortho intramolecular Hbond substituents is 1. The van der Waals surface area contributed by atoms with Crippen LogP contribution in [0.2, 0.25) is 0 Å². The Hall–Kier alpha value is -2.09. The molecule has 2 unspecified atom stereocenters. The van der Waals surface area contributed by atoms with Crippen LogP contribution in [0.4, 0.5) is 4.39 Å². The molecule has 0 aliphatic carbocycles. The number of hydrogen-bond acceptors (Lipinski definition) is 1. The Morgan fingerprint density at radius 1 is 1.18 bits per heavy atom. The molecule has 0 saturated heterocycles. The number of allylic oxidation sites excluding steroid dienone is 5. The van der Waals surface area contributed by atoms with E-state index in [9.17, 15) is 9.50 Å². The van der Waals surface area contributed by atoms with Crippen LogP contribution in [0.15, 0.2) is 67.6 Å². The lowest BCUT2D eigenvalue weighted by Crippen LogP contribution is -2.00. The number of rotatable bonds is 8. The van der Waals surface area contributed by atoms with Gasteiger partial charge in [0.2, 0.25) is 0 Å². The minimum atomic E-state index is -0.390. The van der Waals surface area contributed by atoms with E-state index in [1.807, 2.05) is 13.0 Å². The summed E-state index contributed by atoms with van der Waals surface area (Å²) in [6.45, 7) is 15.7. The van der Waals surface area contributed by atoms with Crippen molar-refractivity contribution in [1.29, 1.82) is 0 Å². The number of aromatic hydroxyl groups is 1. The second-order valence-corrected chi connectivity index (χ2v) is 5.78. The number of phenols is 1. The van der Waals surface area contributed by atoms with Gasteiger partial charge < -0.3 is 5.11 Å². The lowest BCUT2D eigenvalue weighted by molar-refractivity contribution is 0.475. The molecule has 0 heterocycles. The van der Waals surface area contributed by atoms with Gasteiger partial charge in [-0.25, -0.2) is 4.39 Å². The zero-order valence-electron chi connectivity index (χ0n) is 13.5. The third kappa shape index (κ3) is 5.36. The van der Waals surface area contributed by atoms with Crippen LogP contribution in [0.25, 0.3) is 5.57 Å². The van der Waals surface area contributed by atoms with Gasteiger partial charge in [0.1, 0.15) is 11.6 Å². The molecular formula is C20H25FO. The van der Waals surface area contributed by atoms with Crippen molar-refractivity contribution in [3.8, 4) is 5.75 Å². The maximum atomic E-state index is 14.3. The minimum Gasteiger partial charge on any atom is -0.508 e. The Morgan fingerprint density at radius 2 is 1.77 bits per heavy atom. The van der Waals surface area contributed by atoms with Crippen molar-refractivity contribution in [1.82, 2.24) is 0 Å². The van der Waals surface area contributed by atoms with Crippen molar-refractivity contribution in [3.63, 3.8) is 0 Å². The van der Waals surface area contributed by atoms with Crippen molar-refractivity contribution in [2.75, 3.05) is 0 Å². The molecule has 2 atom stereocenters. The van der Waals surface area contributed by atoms with Gasteiger partial charge in [-0.2, -0.15) is 0 Å². The van der Waals surface area contributed by atoms with Crippen molar-refractivity contribution >= 4 is 5.57 Å². The first-order valence-electron chi connectivity index (χ1n) is 7.52. The fraction of sp³-hybridized carbons (Fsp3) is 0.300. The maximum absolute atomic E-state index is 14.3. The van der Waals surface area contributed by atoms with Gasteiger partial charge in [-0.3, -0.25) is 0 Å². The average Bonchev–Trinajstić information content (AvgIpc) is 2.51. The predicted molar refractivity (Wildman–Crippen MR) is 93.2 cm³/mol. The van der Waals surface area contributed by atoms with Gasteiger partial charge >= 0.3 is 0 Å². The molecule has 1 aromatic carbocycles. The van der Waals surface area contributed by atoms with Crippen molar-refractivity contribution < 1.29 is 9.50 Å². The monoisotopic (exact) mass is 300 g/mol. The summed E-state index contributed by atoms with van der Waals surface area (Å²) in [5, 5.41) is 9.26. The Bertz CT molecular complexity index is 566. The summed E-state index contributed by atoms with van der Waals surface area (Å²) in [5.41, 5.74) is 1.70. The first kappa shape index (κ1) is 18.0. The average molecular weight is 300 g/mol. The summed E-state index contributed by atoms with van der Waals surface area (Å²) >= 11 is 0. The molecule has 0 spiro atoms. The Morgan fingerprint density at radius 3 is 2.32 bits per heavy atom. The van der Waals surface area contributed by atoms with Gasteiger partial charge in [0.15, 0.2) is 0 Å². The van der Waals surface area contributed by atoms with Crippen LogP contribution in [-0.4, -0.2) is 5.11 Å². The van der Waals surface area contributed by atoms with Crippen LogP contribution < -0.4 is 0 Å². The molecule has 118 valence electrons. The van der Waals surface area contributed by atoms with E-state index in [1.54, 1.807) is 12.1 Å². The van der Waals surface area contributed by atoms with E-state index in [2.05, 4.69) is 26.7 Å². The van der Waals surface area contributed by atoms with Gasteiger partial charge in [0.05, 0.1) is 0 Å². The number of benzene rings is 1. The fourth-order valence-corrected chi connectivity index (χ4v) is 2.01. The van der Waals surface area contributed by atoms with Gasteiger partial charge in [-0.05, 0) is 54.0 Å². The zero-order valence-corrected chi connectivity index (χ0v) is 13.5. The molecule has 1 nitrogen and oxygen atoms in total. The summed E-state index contributed by atoms with van der Waals surface area (Å²) in [6.07, 6.45) is 5.34. The third-order valence-electron chi connectivity index (χ3n) is 3.91. The van der Waals surface area contributed by atoms with Crippen molar-refractivity contribution in [3.05, 3.63) is 73.1 Å². The molecule has 0 bridgehead atoms. The SMILES string of the molecule is C=CC(C)CCC(C)C(=C)/C=C(/F)C(=C)c1ccc(O)cc1. The van der Waals surface area contributed by atoms with Crippen molar-refractivity contribution in [2.45, 2.75) is 26.7 Å². The largest absolute Gasteiger partial charge is 0.508 e. The van der Waals surface area contributed by atoms with Crippen LogP contribution in [0, 0.1) is 11.8 Å². The molecule has 1 N–H and O–H groups in total. The second kappa shape index (κ2) is 8.38. The first-order valence-corrected chi connectivity index (χ1v) is 7.52. The molecule has 0 aliphatic heterocycles. The summed E-state index contributed by atoms with van der Waals surface area (Å²) < 4.78 is 14.3. The first-order chi connectivity index (χ1) is 10.3. The van der Waals surface area contributed by atoms with E-state index in [1.165, 1.54) is 18.2 Å². The highest BCUT2D eigenvalue weighted by Gasteiger charge is 2.10. The highest BCUT2D eigenvalue weighted by Crippen LogP contribution is 2.27. The number of hydrogen-bond donors (Lipinski definition) is 1. The second-order valence-electron chi connectivity index (χ2n) is 5.78. The molecule has 0 aromatic heterocycles. The molecule has 0 saturated carbocycles. The molecule has 0 fully saturated rings. The molecule has 0 amide bonds. The van der Waals surface area contributed by atoms with Crippen LogP contribution in [0.1, 0.15) is 32.3 Å². The van der Waals surface area contributed by atoms with Crippen molar-refractivity contribution in [2.24, 2.45) is 11.8 Å². The topological polar surface area (TPSA) is 20.2 Å². The van der Waals surface area contributed by atoms with Gasteiger partial charge in [0, 0.05) is 5.57 Å². The number of halogens is 1. The molecule has 0 radical (unpaired) electrons. The molecule has 1 aromatic rings. The summed E-state index contributed by atoms with van der Waals surface area (Å²) in [6, 6.07) is 6.32. The summed E-state index contributed by atoms with van der Waals surface area (Å²) in [5.74, 6) is 0.423. The van der Waals surface area contributed by atoms with E-state index < -0.39 is 0 Å². The highest BCUT2D eigenvalue weighted by atomic mass is 19.1. The molecule has 1 rings (SSSR count). The normalized spacial score (nSPS) is 14.2. The van der Waals surface area contributed by atoms with Gasteiger partial charge in [0.25, 0.3) is 0 Å². The molecule has 0 aliphatic rings. The van der Waals surface area contributed by atoms with E-state index >= 15 is 0 Å². The summed E-state index contributed by atoms with van der Waals surface area (Å²) in [7, 11) is 0. The highest BCUT2D eigenvalue weighted by molar-refractivity contribution is 5.75. The standard InChI is InChI=1S/C20H25FO/c1-6-14(2)7-8-15(3)16(4)13-20(21)17(5)18-9-11-19(22)12-10-18/h6,9-15,22H,1,4-5,7-8H2,2-3H3/b20-13+. The summed E-state index contributed by atoms with van der Waals surface area (Å²) in [4.78, 5) is 0. The lowest BCUT2D eigenvalue weighted by atomic mass is 9.92. The van der Waals surface area contributed by atoms with Gasteiger partial charge in [-0.1, -0.05) is 45.2 Å². The molecule has 2 heteroatoms. The maximum Gasteiger partial charge on any atom is 0.130 e. The lowest BCUT2D eigenvalue weighted by Gasteiger charge is -2.14. The Labute approximate surface area is 133 Å². The third-order valence-corrected chi connectivity index (χ3v) is 3.91. The predicted octanol–water partition coefficient (Wildman–Crippen LogP) is 6.05. The van der Waals surface area contributed by atoms with Crippen LogP contribution in [-0.2, 0) is 0 Å². The van der Waals surface area contributed by atoms with E-state index in [-0.39, 0.29) is 17.5 Å². The van der Waals surface area contributed by atoms with Crippen LogP contribution >= 0.6 is 0 Å². The van der Waals surface area contributed by atoms with Crippen LogP contribution in [0.5, 0.6) is 5.75 Å². The van der Waals surface area contributed by atoms with E-state index in [0.717, 1.165) is 18.4 Å².